The Morgan fingerprint density at radius 3 is 3.00 bits per heavy atom. The van der Waals surface area contributed by atoms with Crippen molar-refractivity contribution in [3.05, 3.63) is 48.6 Å². The van der Waals surface area contributed by atoms with E-state index in [1.165, 1.54) is 0 Å². The van der Waals surface area contributed by atoms with Crippen LogP contribution in [0.4, 0.5) is 5.69 Å². The zero-order valence-electron chi connectivity index (χ0n) is 9.48. The van der Waals surface area contributed by atoms with Gasteiger partial charge in [0.1, 0.15) is 6.61 Å². The van der Waals surface area contributed by atoms with Crippen LogP contribution in [0.5, 0.6) is 0 Å². The van der Waals surface area contributed by atoms with Gasteiger partial charge in [-0.05, 0) is 29.9 Å². The molecule has 0 aliphatic heterocycles. The van der Waals surface area contributed by atoms with E-state index in [0.29, 0.717) is 11.7 Å². The highest BCUT2D eigenvalue weighted by Gasteiger charge is 1.96. The van der Waals surface area contributed by atoms with Gasteiger partial charge in [0.2, 0.25) is 0 Å². The Bertz CT molecular complexity index is 416. The maximum absolute atomic E-state index is 10.3. The van der Waals surface area contributed by atoms with Crippen LogP contribution in [0.1, 0.15) is 5.56 Å². The van der Waals surface area contributed by atoms with E-state index in [-0.39, 0.29) is 6.61 Å². The minimum absolute atomic E-state index is 0.211. The van der Waals surface area contributed by atoms with E-state index >= 15 is 0 Å². The van der Waals surface area contributed by atoms with Gasteiger partial charge in [0, 0.05) is 12.2 Å². The van der Waals surface area contributed by atoms with Crippen molar-refractivity contribution in [1.82, 2.24) is 5.32 Å². The Kier molecular flexibility index (Phi) is 5.99. The van der Waals surface area contributed by atoms with Gasteiger partial charge in [-0.3, -0.25) is 0 Å². The van der Waals surface area contributed by atoms with Crippen molar-refractivity contribution in [2.75, 3.05) is 18.5 Å². The number of nitrogens with one attached hydrogen (secondary N) is 2. The number of hydrogen-bond acceptors (Lipinski definition) is 1. The summed E-state index contributed by atoms with van der Waals surface area (Å²) in [5.41, 5.74) is 1.86. The molecule has 0 heterocycles. The summed E-state index contributed by atoms with van der Waals surface area (Å²) in [4.78, 5) is 0. The summed E-state index contributed by atoms with van der Waals surface area (Å²) in [6.07, 6.45) is 5.10. The lowest BCUT2D eigenvalue weighted by atomic mass is 10.2. The highest BCUT2D eigenvalue weighted by molar-refractivity contribution is 7.80. The molecule has 17 heavy (non-hydrogen) atoms. The Labute approximate surface area is 107 Å². The van der Waals surface area contributed by atoms with Crippen molar-refractivity contribution < 1.29 is 5.11 Å². The van der Waals surface area contributed by atoms with Crippen LogP contribution in [0.15, 0.2) is 43.0 Å². The molecule has 0 aliphatic rings. The van der Waals surface area contributed by atoms with Gasteiger partial charge in [0.15, 0.2) is 5.11 Å². The molecule has 2 N–H and O–H groups in total. The maximum atomic E-state index is 10.3. The Hall–Kier alpha value is -1.65. The lowest BCUT2D eigenvalue weighted by Crippen LogP contribution is -2.28. The number of thiocarbonyl (C=S) groups is 1. The van der Waals surface area contributed by atoms with Crippen molar-refractivity contribution in [2.45, 2.75) is 0 Å². The zero-order valence-corrected chi connectivity index (χ0v) is 10.3. The van der Waals surface area contributed by atoms with Crippen LogP contribution in [-0.4, -0.2) is 18.3 Å². The first-order chi connectivity index (χ1) is 8.26. The number of benzene rings is 1. The smallest absolute Gasteiger partial charge is 0.171 e. The van der Waals surface area contributed by atoms with Gasteiger partial charge >= 0.3 is 0 Å². The van der Waals surface area contributed by atoms with Crippen LogP contribution in [0.2, 0.25) is 0 Å². The molecule has 1 rings (SSSR count). The molecule has 0 bridgehead atoms. The summed E-state index contributed by atoms with van der Waals surface area (Å²) in [5.74, 6) is 0. The highest BCUT2D eigenvalue weighted by Crippen LogP contribution is 2.11. The minimum atomic E-state index is -0.211. The lowest BCUT2D eigenvalue weighted by Gasteiger charge is -2.09. The van der Waals surface area contributed by atoms with Gasteiger partial charge in [0.25, 0.3) is 0 Å². The summed E-state index contributed by atoms with van der Waals surface area (Å²) in [7, 11) is 0. The summed E-state index contributed by atoms with van der Waals surface area (Å²) < 4.78 is 0. The minimum Gasteiger partial charge on any atom is -0.359 e. The number of hydrogen-bond donors (Lipinski definition) is 2. The largest absolute Gasteiger partial charge is 0.359 e. The molecule has 0 saturated carbocycles. The average molecular weight is 247 g/mol. The monoisotopic (exact) mass is 247 g/mol. The van der Waals surface area contributed by atoms with E-state index < -0.39 is 0 Å². The van der Waals surface area contributed by atoms with Crippen molar-refractivity contribution in [3.63, 3.8) is 0 Å². The summed E-state index contributed by atoms with van der Waals surface area (Å²) in [5, 5.41) is 16.9. The van der Waals surface area contributed by atoms with E-state index in [4.69, 9.17) is 12.2 Å². The molecule has 0 unspecified atom stereocenters. The quantitative estimate of drug-likeness (QED) is 0.621. The second kappa shape index (κ2) is 7.60. The van der Waals surface area contributed by atoms with Gasteiger partial charge in [-0.15, -0.1) is 6.58 Å². The van der Waals surface area contributed by atoms with E-state index in [9.17, 15) is 5.11 Å². The SMILES string of the molecule is C=CCNC(=S)Nc1cccc(C=CC[O])c1. The standard InChI is InChI=1S/C13H15N2OS/c1-2-8-14-13(17)15-12-7-3-5-11(10-12)6-4-9-16/h2-7,10H,1,8-9H2,(H2,14,15,17). The van der Waals surface area contributed by atoms with Crippen LogP contribution in [0, 0.1) is 0 Å². The molecule has 1 aromatic carbocycles. The number of rotatable bonds is 5. The molecule has 89 valence electrons. The first-order valence-electron chi connectivity index (χ1n) is 5.26. The molecule has 3 nitrogen and oxygen atoms in total. The molecule has 0 aromatic heterocycles. The zero-order chi connectivity index (χ0) is 12.5. The first kappa shape index (κ1) is 13.4. The molecule has 0 atom stereocenters. The van der Waals surface area contributed by atoms with Crippen molar-refractivity contribution >= 4 is 29.1 Å². The molecule has 0 fully saturated rings. The maximum Gasteiger partial charge on any atom is 0.171 e. The van der Waals surface area contributed by atoms with E-state index in [1.54, 1.807) is 18.2 Å². The fourth-order valence-electron chi connectivity index (χ4n) is 1.24. The fraction of sp³-hybridized carbons (Fsp3) is 0.154. The van der Waals surface area contributed by atoms with Gasteiger partial charge in [-0.1, -0.05) is 30.4 Å². The van der Waals surface area contributed by atoms with Gasteiger partial charge in [0.05, 0.1) is 0 Å². The van der Waals surface area contributed by atoms with Crippen LogP contribution in [-0.2, 0) is 5.11 Å². The topological polar surface area (TPSA) is 44.0 Å². The molecule has 0 aliphatic carbocycles. The normalized spacial score (nSPS) is 10.2. The third-order valence-corrected chi connectivity index (χ3v) is 2.20. The predicted molar refractivity (Wildman–Crippen MR) is 75.4 cm³/mol. The van der Waals surface area contributed by atoms with Gasteiger partial charge in [-0.25, -0.2) is 5.11 Å². The van der Waals surface area contributed by atoms with Crippen molar-refractivity contribution in [3.8, 4) is 0 Å². The molecule has 1 radical (unpaired) electrons. The van der Waals surface area contributed by atoms with Crippen LogP contribution in [0.3, 0.4) is 0 Å². The lowest BCUT2D eigenvalue weighted by molar-refractivity contribution is 0.233. The van der Waals surface area contributed by atoms with Crippen LogP contribution >= 0.6 is 12.2 Å². The second-order valence-electron chi connectivity index (χ2n) is 3.32. The van der Waals surface area contributed by atoms with Crippen LogP contribution in [0.25, 0.3) is 6.08 Å². The van der Waals surface area contributed by atoms with Crippen molar-refractivity contribution in [1.29, 1.82) is 0 Å². The van der Waals surface area contributed by atoms with Crippen molar-refractivity contribution in [2.24, 2.45) is 0 Å². The second-order valence-corrected chi connectivity index (χ2v) is 3.73. The first-order valence-corrected chi connectivity index (χ1v) is 5.67. The van der Waals surface area contributed by atoms with Gasteiger partial charge < -0.3 is 10.6 Å². The predicted octanol–water partition coefficient (Wildman–Crippen LogP) is 2.60. The summed E-state index contributed by atoms with van der Waals surface area (Å²) in [6, 6.07) is 7.67. The van der Waals surface area contributed by atoms with Gasteiger partial charge in [-0.2, -0.15) is 0 Å². The Morgan fingerprint density at radius 1 is 1.47 bits per heavy atom. The average Bonchev–Trinajstić information content (AvgIpc) is 2.34. The fourth-order valence-corrected chi connectivity index (χ4v) is 1.45. The van der Waals surface area contributed by atoms with E-state index in [2.05, 4.69) is 17.2 Å². The molecule has 1 aromatic rings. The van der Waals surface area contributed by atoms with E-state index in [1.807, 2.05) is 24.3 Å². The van der Waals surface area contributed by atoms with E-state index in [0.717, 1.165) is 11.3 Å². The molecule has 0 amide bonds. The summed E-state index contributed by atoms with van der Waals surface area (Å²) >= 11 is 5.09. The molecule has 0 spiro atoms. The molecule has 4 heteroatoms. The number of anilines is 1. The molecular formula is C13H15N2OS. The van der Waals surface area contributed by atoms with Crippen LogP contribution < -0.4 is 10.6 Å². The third kappa shape index (κ3) is 5.29. The third-order valence-electron chi connectivity index (χ3n) is 1.96. The Morgan fingerprint density at radius 2 is 2.29 bits per heavy atom. The molecule has 0 saturated heterocycles. The summed E-state index contributed by atoms with van der Waals surface area (Å²) in [6.45, 7) is 4.01. The molecular weight excluding hydrogens is 232 g/mol. The Balaban J connectivity index is 2.62. The highest BCUT2D eigenvalue weighted by atomic mass is 32.1.